The number of aromatic nitrogens is 2. The van der Waals surface area contributed by atoms with Crippen molar-refractivity contribution in [1.29, 1.82) is 0 Å². The molecule has 3 rings (SSSR count). The fourth-order valence-corrected chi connectivity index (χ4v) is 2.01. The number of hydrogen-bond donors (Lipinski definition) is 0. The van der Waals surface area contributed by atoms with Gasteiger partial charge in [-0.05, 0) is 31.2 Å². The van der Waals surface area contributed by atoms with Crippen LogP contribution in [0.15, 0.2) is 41.1 Å². The lowest BCUT2D eigenvalue weighted by molar-refractivity contribution is 0.0430. The zero-order valence-corrected chi connectivity index (χ0v) is 11.4. The second-order valence-electron chi connectivity index (χ2n) is 4.33. The van der Waals surface area contributed by atoms with Crippen LogP contribution in [-0.4, -0.2) is 15.4 Å². The number of hydrogen-bond acceptors (Lipinski definition) is 4. The minimum atomic E-state index is -0.506. The SMILES string of the molecule is Cc1ccc(C(=O)OCc2cn3cc(Cl)ccc3n2)o1. The number of pyridine rings is 1. The first-order chi connectivity index (χ1) is 9.61. The van der Waals surface area contributed by atoms with Gasteiger partial charge in [-0.1, -0.05) is 11.6 Å². The Bertz CT molecular complexity index is 776. The van der Waals surface area contributed by atoms with E-state index in [4.69, 9.17) is 20.8 Å². The minimum absolute atomic E-state index is 0.0812. The zero-order valence-electron chi connectivity index (χ0n) is 10.7. The van der Waals surface area contributed by atoms with E-state index in [1.54, 1.807) is 48.0 Å². The number of carbonyl (C=O) groups excluding carboxylic acids is 1. The third-order valence-corrected chi connectivity index (χ3v) is 2.98. The third kappa shape index (κ3) is 2.53. The Morgan fingerprint density at radius 3 is 2.95 bits per heavy atom. The normalized spacial score (nSPS) is 10.9. The average molecular weight is 291 g/mol. The van der Waals surface area contributed by atoms with Crippen LogP contribution in [0, 0.1) is 6.92 Å². The van der Waals surface area contributed by atoms with Crippen molar-refractivity contribution in [2.75, 3.05) is 0 Å². The van der Waals surface area contributed by atoms with Crippen LogP contribution in [0.4, 0.5) is 0 Å². The van der Waals surface area contributed by atoms with Crippen molar-refractivity contribution in [1.82, 2.24) is 9.38 Å². The molecule has 5 nitrogen and oxygen atoms in total. The van der Waals surface area contributed by atoms with Crippen molar-refractivity contribution in [3.05, 3.63) is 58.9 Å². The van der Waals surface area contributed by atoms with Gasteiger partial charge in [0.05, 0.1) is 10.7 Å². The summed E-state index contributed by atoms with van der Waals surface area (Å²) in [7, 11) is 0. The number of halogens is 1. The predicted octanol–water partition coefficient (Wildman–Crippen LogP) is 3.25. The Balaban J connectivity index is 1.72. The van der Waals surface area contributed by atoms with E-state index < -0.39 is 5.97 Å². The highest BCUT2D eigenvalue weighted by molar-refractivity contribution is 6.30. The van der Waals surface area contributed by atoms with Crippen molar-refractivity contribution in [2.24, 2.45) is 0 Å². The number of nitrogens with zero attached hydrogens (tertiary/aromatic N) is 2. The summed E-state index contributed by atoms with van der Waals surface area (Å²) in [6, 6.07) is 6.85. The van der Waals surface area contributed by atoms with E-state index in [1.807, 2.05) is 0 Å². The molecule has 0 atom stereocenters. The van der Waals surface area contributed by atoms with Gasteiger partial charge in [0, 0.05) is 12.4 Å². The lowest BCUT2D eigenvalue weighted by Crippen LogP contribution is -2.04. The molecular weight excluding hydrogens is 280 g/mol. The summed E-state index contributed by atoms with van der Waals surface area (Å²) in [4.78, 5) is 16.1. The lowest BCUT2D eigenvalue weighted by atomic mass is 10.4. The van der Waals surface area contributed by atoms with Gasteiger partial charge >= 0.3 is 5.97 Å². The van der Waals surface area contributed by atoms with Crippen molar-refractivity contribution in [2.45, 2.75) is 13.5 Å². The van der Waals surface area contributed by atoms with E-state index in [2.05, 4.69) is 4.98 Å². The molecule has 0 fully saturated rings. The van der Waals surface area contributed by atoms with Crippen LogP contribution in [0.2, 0.25) is 5.02 Å². The molecule has 0 aliphatic rings. The number of ether oxygens (including phenoxy) is 1. The number of aryl methyl sites for hydroxylation is 1. The van der Waals surface area contributed by atoms with Gasteiger partial charge in [-0.15, -0.1) is 0 Å². The number of rotatable bonds is 3. The van der Waals surface area contributed by atoms with Gasteiger partial charge in [0.25, 0.3) is 0 Å². The van der Waals surface area contributed by atoms with Crippen LogP contribution in [0.3, 0.4) is 0 Å². The molecule has 20 heavy (non-hydrogen) atoms. The molecule has 3 aromatic heterocycles. The van der Waals surface area contributed by atoms with E-state index in [0.717, 1.165) is 5.65 Å². The molecule has 0 saturated carbocycles. The van der Waals surface area contributed by atoms with Gasteiger partial charge in [0.15, 0.2) is 0 Å². The standard InChI is InChI=1S/C14H11ClN2O3/c1-9-2-4-12(20-9)14(18)19-8-11-7-17-6-10(15)3-5-13(17)16-11/h2-7H,8H2,1H3. The molecule has 6 heteroatoms. The Morgan fingerprint density at radius 2 is 2.20 bits per heavy atom. The van der Waals surface area contributed by atoms with E-state index in [-0.39, 0.29) is 12.4 Å². The second kappa shape index (κ2) is 5.02. The van der Waals surface area contributed by atoms with E-state index in [9.17, 15) is 4.79 Å². The first kappa shape index (κ1) is 12.7. The zero-order chi connectivity index (χ0) is 14.1. The molecule has 3 heterocycles. The van der Waals surface area contributed by atoms with Gasteiger partial charge in [-0.3, -0.25) is 0 Å². The molecule has 0 amide bonds. The summed E-state index contributed by atoms with van der Waals surface area (Å²) < 4.78 is 12.1. The minimum Gasteiger partial charge on any atom is -0.454 e. The number of esters is 1. The first-order valence-corrected chi connectivity index (χ1v) is 6.36. The van der Waals surface area contributed by atoms with Gasteiger partial charge in [0.1, 0.15) is 18.0 Å². The monoisotopic (exact) mass is 290 g/mol. The lowest BCUT2D eigenvalue weighted by Gasteiger charge is -1.99. The molecule has 0 aliphatic heterocycles. The maximum atomic E-state index is 11.7. The molecule has 0 saturated heterocycles. The maximum Gasteiger partial charge on any atom is 0.374 e. The molecular formula is C14H11ClN2O3. The summed E-state index contributed by atoms with van der Waals surface area (Å²) in [5, 5.41) is 0.615. The molecule has 0 bridgehead atoms. The maximum absolute atomic E-state index is 11.7. The van der Waals surface area contributed by atoms with Crippen LogP contribution in [-0.2, 0) is 11.3 Å². The van der Waals surface area contributed by atoms with Crippen LogP contribution in [0.1, 0.15) is 22.0 Å². The Kier molecular flexibility index (Phi) is 3.20. The Morgan fingerprint density at radius 1 is 1.35 bits per heavy atom. The van der Waals surface area contributed by atoms with Gasteiger partial charge in [-0.25, -0.2) is 9.78 Å². The highest BCUT2D eigenvalue weighted by Crippen LogP contribution is 2.13. The smallest absolute Gasteiger partial charge is 0.374 e. The summed E-state index contributed by atoms with van der Waals surface area (Å²) >= 11 is 5.89. The van der Waals surface area contributed by atoms with Gasteiger partial charge in [-0.2, -0.15) is 0 Å². The first-order valence-electron chi connectivity index (χ1n) is 5.98. The number of furan rings is 1. The van der Waals surface area contributed by atoms with E-state index >= 15 is 0 Å². The predicted molar refractivity (Wildman–Crippen MR) is 72.8 cm³/mol. The summed E-state index contributed by atoms with van der Waals surface area (Å²) in [6.45, 7) is 1.85. The molecule has 0 N–H and O–H groups in total. The van der Waals surface area contributed by atoms with Gasteiger partial charge < -0.3 is 13.6 Å². The molecule has 0 aliphatic carbocycles. The van der Waals surface area contributed by atoms with E-state index in [0.29, 0.717) is 16.5 Å². The summed E-state index contributed by atoms with van der Waals surface area (Å²) in [5.41, 5.74) is 1.39. The summed E-state index contributed by atoms with van der Waals surface area (Å²) in [5.74, 6) is 0.349. The van der Waals surface area contributed by atoms with Crippen molar-refractivity contribution < 1.29 is 13.9 Å². The molecule has 0 radical (unpaired) electrons. The molecule has 0 unspecified atom stereocenters. The fraction of sp³-hybridized carbons (Fsp3) is 0.143. The number of fused-ring (bicyclic) bond motifs is 1. The number of imidazole rings is 1. The Labute approximate surface area is 119 Å². The molecule has 0 aromatic carbocycles. The average Bonchev–Trinajstić information content (AvgIpc) is 3.01. The van der Waals surface area contributed by atoms with Crippen molar-refractivity contribution in [3.8, 4) is 0 Å². The van der Waals surface area contributed by atoms with Crippen molar-refractivity contribution in [3.63, 3.8) is 0 Å². The second-order valence-corrected chi connectivity index (χ2v) is 4.77. The highest BCUT2D eigenvalue weighted by Gasteiger charge is 2.12. The largest absolute Gasteiger partial charge is 0.454 e. The number of carbonyl (C=O) groups is 1. The summed E-state index contributed by atoms with van der Waals surface area (Å²) in [6.07, 6.45) is 3.51. The van der Waals surface area contributed by atoms with Crippen molar-refractivity contribution >= 4 is 23.2 Å². The van der Waals surface area contributed by atoms with Crippen LogP contribution >= 0.6 is 11.6 Å². The quantitative estimate of drug-likeness (QED) is 0.695. The molecule has 0 spiro atoms. The highest BCUT2D eigenvalue weighted by atomic mass is 35.5. The van der Waals surface area contributed by atoms with E-state index in [1.165, 1.54) is 0 Å². The Hall–Kier alpha value is -2.27. The molecule has 102 valence electrons. The fourth-order valence-electron chi connectivity index (χ4n) is 1.84. The topological polar surface area (TPSA) is 56.7 Å². The molecule has 3 aromatic rings. The van der Waals surface area contributed by atoms with Crippen LogP contribution in [0.5, 0.6) is 0 Å². The van der Waals surface area contributed by atoms with Crippen LogP contribution < -0.4 is 0 Å². The van der Waals surface area contributed by atoms with Crippen LogP contribution in [0.25, 0.3) is 5.65 Å². The van der Waals surface area contributed by atoms with Gasteiger partial charge in [0.2, 0.25) is 5.76 Å². The third-order valence-electron chi connectivity index (χ3n) is 2.76.